The minimum absolute atomic E-state index is 0.115. The van der Waals surface area contributed by atoms with E-state index in [4.69, 9.17) is 39.5 Å². The van der Waals surface area contributed by atoms with Crippen molar-refractivity contribution in [3.63, 3.8) is 0 Å². The van der Waals surface area contributed by atoms with Crippen LogP contribution >= 0.6 is 34.8 Å². The first kappa shape index (κ1) is 17.8. The number of nitrogens with one attached hydrogen (secondary N) is 1. The van der Waals surface area contributed by atoms with Gasteiger partial charge in [0.2, 0.25) is 0 Å². The predicted octanol–water partition coefficient (Wildman–Crippen LogP) is 4.81. The Hall–Kier alpha value is -0.970. The molecule has 1 N–H and O–H groups in total. The SMILES string of the molecule is COC[C@H]1CN(c2ccc(Cl)cc2)[C@@H](c2ccc(Cl)cc2Cl)CN1. The van der Waals surface area contributed by atoms with Crippen molar-refractivity contribution in [1.82, 2.24) is 5.32 Å². The third-order valence-corrected chi connectivity index (χ3v) is 5.06. The molecule has 128 valence electrons. The Morgan fingerprint density at radius 2 is 1.79 bits per heavy atom. The minimum atomic E-state index is 0.115. The summed E-state index contributed by atoms with van der Waals surface area (Å²) in [5, 5.41) is 5.58. The molecular formula is C18H19Cl3N2O. The standard InChI is InChI=1S/C18H19Cl3N2O/c1-24-11-14-10-23(15-5-2-12(19)3-6-15)18(9-22-14)16-7-4-13(20)8-17(16)21/h2-8,14,18,22H,9-11H2,1H3/t14-,18-/m1/s1. The number of rotatable bonds is 4. The number of nitrogens with zero attached hydrogens (tertiary/aromatic N) is 1. The lowest BCUT2D eigenvalue weighted by molar-refractivity contribution is 0.158. The predicted molar refractivity (Wildman–Crippen MR) is 102 cm³/mol. The van der Waals surface area contributed by atoms with Crippen LogP contribution in [0, 0.1) is 0 Å². The van der Waals surface area contributed by atoms with E-state index in [9.17, 15) is 0 Å². The Balaban J connectivity index is 1.94. The molecule has 3 rings (SSSR count). The van der Waals surface area contributed by atoms with E-state index in [1.165, 1.54) is 0 Å². The van der Waals surface area contributed by atoms with Gasteiger partial charge in [0.25, 0.3) is 0 Å². The van der Waals surface area contributed by atoms with E-state index in [2.05, 4.69) is 10.2 Å². The van der Waals surface area contributed by atoms with Crippen molar-refractivity contribution in [3.8, 4) is 0 Å². The molecule has 0 saturated carbocycles. The fourth-order valence-electron chi connectivity index (χ4n) is 3.10. The van der Waals surface area contributed by atoms with Gasteiger partial charge in [-0.05, 0) is 42.0 Å². The molecule has 0 spiro atoms. The van der Waals surface area contributed by atoms with Crippen LogP contribution in [-0.4, -0.2) is 32.8 Å². The molecule has 1 saturated heterocycles. The minimum Gasteiger partial charge on any atom is -0.383 e. The van der Waals surface area contributed by atoms with E-state index < -0.39 is 0 Å². The van der Waals surface area contributed by atoms with E-state index in [0.29, 0.717) is 16.7 Å². The summed E-state index contributed by atoms with van der Waals surface area (Å²) >= 11 is 18.5. The highest BCUT2D eigenvalue weighted by atomic mass is 35.5. The second-order valence-electron chi connectivity index (χ2n) is 5.87. The van der Waals surface area contributed by atoms with Crippen molar-refractivity contribution in [1.29, 1.82) is 0 Å². The molecular weight excluding hydrogens is 367 g/mol. The molecule has 0 bridgehead atoms. The van der Waals surface area contributed by atoms with Gasteiger partial charge < -0.3 is 15.0 Å². The highest BCUT2D eigenvalue weighted by molar-refractivity contribution is 6.35. The maximum Gasteiger partial charge on any atom is 0.0682 e. The van der Waals surface area contributed by atoms with E-state index in [-0.39, 0.29) is 12.1 Å². The largest absolute Gasteiger partial charge is 0.383 e. The van der Waals surface area contributed by atoms with Crippen molar-refractivity contribution >= 4 is 40.5 Å². The first-order chi connectivity index (χ1) is 11.6. The zero-order valence-corrected chi connectivity index (χ0v) is 15.6. The highest BCUT2D eigenvalue weighted by Crippen LogP contribution is 2.35. The summed E-state index contributed by atoms with van der Waals surface area (Å²) < 4.78 is 5.31. The summed E-state index contributed by atoms with van der Waals surface area (Å²) in [4.78, 5) is 2.34. The van der Waals surface area contributed by atoms with Crippen LogP contribution in [0.15, 0.2) is 42.5 Å². The van der Waals surface area contributed by atoms with E-state index in [1.807, 2.05) is 36.4 Å². The van der Waals surface area contributed by atoms with E-state index in [0.717, 1.165) is 29.4 Å². The monoisotopic (exact) mass is 384 g/mol. The molecule has 0 aliphatic carbocycles. The fourth-order valence-corrected chi connectivity index (χ4v) is 3.76. The van der Waals surface area contributed by atoms with Gasteiger partial charge in [-0.15, -0.1) is 0 Å². The van der Waals surface area contributed by atoms with Crippen LogP contribution in [0.1, 0.15) is 11.6 Å². The zero-order valence-electron chi connectivity index (χ0n) is 13.3. The second kappa shape index (κ2) is 7.94. The lowest BCUT2D eigenvalue weighted by Crippen LogP contribution is -2.54. The Morgan fingerprint density at radius 1 is 1.08 bits per heavy atom. The second-order valence-corrected chi connectivity index (χ2v) is 7.15. The molecule has 2 aromatic carbocycles. The molecule has 2 aromatic rings. The van der Waals surface area contributed by atoms with Gasteiger partial charge in [-0.3, -0.25) is 0 Å². The van der Waals surface area contributed by atoms with Crippen LogP contribution < -0.4 is 10.2 Å². The van der Waals surface area contributed by atoms with Crippen LogP contribution in [0.2, 0.25) is 15.1 Å². The average molecular weight is 386 g/mol. The molecule has 24 heavy (non-hydrogen) atoms. The van der Waals surface area contributed by atoms with Gasteiger partial charge in [0.1, 0.15) is 0 Å². The topological polar surface area (TPSA) is 24.5 Å². The summed E-state index contributed by atoms with van der Waals surface area (Å²) in [6.07, 6.45) is 0. The van der Waals surface area contributed by atoms with Crippen LogP contribution in [0.3, 0.4) is 0 Å². The van der Waals surface area contributed by atoms with E-state index in [1.54, 1.807) is 13.2 Å². The summed E-state index contributed by atoms with van der Waals surface area (Å²) in [6.45, 7) is 2.25. The van der Waals surface area contributed by atoms with Gasteiger partial charge in [0.15, 0.2) is 0 Å². The molecule has 1 aliphatic heterocycles. The first-order valence-corrected chi connectivity index (χ1v) is 8.91. The van der Waals surface area contributed by atoms with Gasteiger partial charge in [-0.2, -0.15) is 0 Å². The van der Waals surface area contributed by atoms with Gasteiger partial charge in [0.05, 0.1) is 12.6 Å². The number of methoxy groups -OCH3 is 1. The molecule has 0 amide bonds. The Labute approximate surface area is 157 Å². The highest BCUT2D eigenvalue weighted by Gasteiger charge is 2.30. The molecule has 1 heterocycles. The molecule has 3 nitrogen and oxygen atoms in total. The smallest absolute Gasteiger partial charge is 0.0682 e. The number of piperazine rings is 1. The van der Waals surface area contributed by atoms with Gasteiger partial charge in [-0.1, -0.05) is 40.9 Å². The molecule has 2 atom stereocenters. The number of halogens is 3. The fraction of sp³-hybridized carbons (Fsp3) is 0.333. The summed E-state index contributed by atoms with van der Waals surface area (Å²) in [6, 6.07) is 13.9. The van der Waals surface area contributed by atoms with Gasteiger partial charge in [0, 0.05) is 47.0 Å². The molecule has 0 unspecified atom stereocenters. The van der Waals surface area contributed by atoms with Crippen LogP contribution in [-0.2, 0) is 4.74 Å². The van der Waals surface area contributed by atoms with Gasteiger partial charge >= 0.3 is 0 Å². The average Bonchev–Trinajstić information content (AvgIpc) is 2.56. The summed E-state index contributed by atoms with van der Waals surface area (Å²) in [7, 11) is 1.72. The lowest BCUT2D eigenvalue weighted by atomic mass is 10.00. The Morgan fingerprint density at radius 3 is 2.46 bits per heavy atom. The lowest BCUT2D eigenvalue weighted by Gasteiger charge is -2.42. The van der Waals surface area contributed by atoms with Crippen molar-refractivity contribution in [2.75, 3.05) is 31.7 Å². The number of hydrogen-bond acceptors (Lipinski definition) is 3. The Bertz CT molecular complexity index is 693. The van der Waals surface area contributed by atoms with Crippen LogP contribution in [0.25, 0.3) is 0 Å². The molecule has 0 aromatic heterocycles. The van der Waals surface area contributed by atoms with E-state index >= 15 is 0 Å². The van der Waals surface area contributed by atoms with Crippen molar-refractivity contribution < 1.29 is 4.74 Å². The van der Waals surface area contributed by atoms with Crippen molar-refractivity contribution in [2.24, 2.45) is 0 Å². The number of ether oxygens (including phenoxy) is 1. The maximum absolute atomic E-state index is 6.45. The molecule has 6 heteroatoms. The van der Waals surface area contributed by atoms with Crippen molar-refractivity contribution in [3.05, 3.63) is 63.1 Å². The van der Waals surface area contributed by atoms with Crippen LogP contribution in [0.4, 0.5) is 5.69 Å². The molecule has 1 fully saturated rings. The Kier molecular flexibility index (Phi) is 5.90. The molecule has 0 radical (unpaired) electrons. The number of benzene rings is 2. The van der Waals surface area contributed by atoms with Gasteiger partial charge in [-0.25, -0.2) is 0 Å². The third kappa shape index (κ3) is 3.98. The summed E-state index contributed by atoms with van der Waals surface area (Å²) in [5.74, 6) is 0. The quantitative estimate of drug-likeness (QED) is 0.817. The zero-order chi connectivity index (χ0) is 17.1. The third-order valence-electron chi connectivity index (χ3n) is 4.24. The normalized spacial score (nSPS) is 21.1. The number of anilines is 1. The summed E-state index contributed by atoms with van der Waals surface area (Å²) in [5.41, 5.74) is 2.16. The number of hydrogen-bond donors (Lipinski definition) is 1. The van der Waals surface area contributed by atoms with Crippen LogP contribution in [0.5, 0.6) is 0 Å². The van der Waals surface area contributed by atoms with Crippen molar-refractivity contribution in [2.45, 2.75) is 12.1 Å². The first-order valence-electron chi connectivity index (χ1n) is 7.78. The molecule has 1 aliphatic rings. The maximum atomic E-state index is 6.45.